The number of aliphatic imine (C=N–C) groups is 1. The van der Waals surface area contributed by atoms with Gasteiger partial charge < -0.3 is 15.2 Å². The van der Waals surface area contributed by atoms with Crippen LogP contribution in [0.15, 0.2) is 40.0 Å². The van der Waals surface area contributed by atoms with Crippen molar-refractivity contribution in [3.63, 3.8) is 0 Å². The van der Waals surface area contributed by atoms with Gasteiger partial charge in [0.15, 0.2) is 0 Å². The topological polar surface area (TPSA) is 67.7 Å². The van der Waals surface area contributed by atoms with Gasteiger partial charge in [0, 0.05) is 12.2 Å². The lowest BCUT2D eigenvalue weighted by Gasteiger charge is -2.14. The van der Waals surface area contributed by atoms with Crippen molar-refractivity contribution in [2.24, 2.45) is 4.99 Å². The Hall–Kier alpha value is -2.30. The summed E-state index contributed by atoms with van der Waals surface area (Å²) in [7, 11) is 0. The van der Waals surface area contributed by atoms with Crippen LogP contribution in [0.3, 0.4) is 0 Å². The Bertz CT molecular complexity index is 561. The maximum Gasteiger partial charge on any atom is 0.229 e. The summed E-state index contributed by atoms with van der Waals surface area (Å²) >= 11 is 0. The van der Waals surface area contributed by atoms with Gasteiger partial charge in [-0.05, 0) is 17.7 Å². The fourth-order valence-electron chi connectivity index (χ4n) is 1.89. The Morgan fingerprint density at radius 2 is 2.29 bits per heavy atom. The van der Waals surface area contributed by atoms with Crippen molar-refractivity contribution >= 4 is 17.9 Å². The molecule has 0 fully saturated rings. The molecular formula is C12H12N4O. The summed E-state index contributed by atoms with van der Waals surface area (Å²) in [5.74, 6) is 0.345. The molecule has 2 aromatic rings. The first kappa shape index (κ1) is 9.89. The zero-order valence-corrected chi connectivity index (χ0v) is 9.21. The number of nitrogens with two attached hydrogens (primary N) is 1. The zero-order valence-electron chi connectivity index (χ0n) is 9.21. The predicted octanol–water partition coefficient (Wildman–Crippen LogP) is 1.77. The Kier molecular flexibility index (Phi) is 2.29. The molecule has 5 nitrogen and oxygen atoms in total. The maximum atomic E-state index is 5.71. The largest absolute Gasteiger partial charge is 0.367 e. The Balaban J connectivity index is 1.99. The van der Waals surface area contributed by atoms with Gasteiger partial charge in [-0.25, -0.2) is 0 Å². The van der Waals surface area contributed by atoms with Crippen molar-refractivity contribution in [3.8, 4) is 11.1 Å². The third-order valence-electron chi connectivity index (χ3n) is 2.78. The van der Waals surface area contributed by atoms with Crippen LogP contribution in [0.25, 0.3) is 11.1 Å². The van der Waals surface area contributed by atoms with Crippen molar-refractivity contribution in [1.82, 2.24) is 5.16 Å². The lowest BCUT2D eigenvalue weighted by molar-refractivity contribution is 0.436. The summed E-state index contributed by atoms with van der Waals surface area (Å²) in [4.78, 5) is 6.30. The molecule has 0 spiro atoms. The van der Waals surface area contributed by atoms with Crippen LogP contribution in [0, 0.1) is 0 Å². The molecule has 1 aromatic heterocycles. The molecule has 86 valence electrons. The van der Waals surface area contributed by atoms with Crippen LogP contribution < -0.4 is 10.6 Å². The molecule has 2 heterocycles. The van der Waals surface area contributed by atoms with Crippen molar-refractivity contribution in [2.75, 3.05) is 23.7 Å². The molecule has 17 heavy (non-hydrogen) atoms. The molecule has 3 rings (SSSR count). The van der Waals surface area contributed by atoms with E-state index in [1.165, 1.54) is 0 Å². The molecule has 0 unspecified atom stereocenters. The monoisotopic (exact) mass is 228 g/mol. The van der Waals surface area contributed by atoms with Gasteiger partial charge in [-0.15, -0.1) is 0 Å². The molecule has 0 atom stereocenters. The Morgan fingerprint density at radius 1 is 1.35 bits per heavy atom. The summed E-state index contributed by atoms with van der Waals surface area (Å²) in [5, 5.41) is 3.69. The first-order chi connectivity index (χ1) is 8.34. The molecule has 0 radical (unpaired) electrons. The number of aromatic nitrogens is 1. The van der Waals surface area contributed by atoms with Gasteiger partial charge in [0.1, 0.15) is 0 Å². The quantitative estimate of drug-likeness (QED) is 0.850. The highest BCUT2D eigenvalue weighted by molar-refractivity contribution is 5.84. The van der Waals surface area contributed by atoms with E-state index in [2.05, 4.69) is 21.1 Å². The number of hydrogen-bond donors (Lipinski definition) is 1. The summed E-state index contributed by atoms with van der Waals surface area (Å²) in [5.41, 5.74) is 8.63. The van der Waals surface area contributed by atoms with Crippen LogP contribution in [0.2, 0.25) is 0 Å². The first-order valence-corrected chi connectivity index (χ1v) is 5.42. The first-order valence-electron chi connectivity index (χ1n) is 5.42. The average molecular weight is 228 g/mol. The minimum atomic E-state index is 0.345. The predicted molar refractivity (Wildman–Crippen MR) is 67.1 cm³/mol. The average Bonchev–Trinajstić information content (AvgIpc) is 2.99. The number of nitrogen functional groups attached to an aromatic ring is 1. The summed E-state index contributed by atoms with van der Waals surface area (Å²) < 4.78 is 4.87. The van der Waals surface area contributed by atoms with Gasteiger partial charge in [-0.3, -0.25) is 4.99 Å². The third kappa shape index (κ3) is 1.75. The smallest absolute Gasteiger partial charge is 0.229 e. The number of benzene rings is 1. The molecule has 0 amide bonds. The van der Waals surface area contributed by atoms with Gasteiger partial charge in [0.2, 0.25) is 5.88 Å². The SMILES string of the molecule is Nc1oncc1-c1cccc(N2C=NCC2)c1. The normalized spacial score (nSPS) is 14.5. The Labute approximate surface area is 98.5 Å². The number of nitrogens with zero attached hydrogens (tertiary/aromatic N) is 3. The summed E-state index contributed by atoms with van der Waals surface area (Å²) in [6.07, 6.45) is 3.49. The second kappa shape index (κ2) is 3.93. The lowest BCUT2D eigenvalue weighted by Crippen LogP contribution is -2.17. The molecule has 0 aliphatic carbocycles. The second-order valence-corrected chi connectivity index (χ2v) is 3.87. The van der Waals surface area contributed by atoms with Gasteiger partial charge in [0.25, 0.3) is 0 Å². The van der Waals surface area contributed by atoms with E-state index in [-0.39, 0.29) is 0 Å². The van der Waals surface area contributed by atoms with E-state index < -0.39 is 0 Å². The van der Waals surface area contributed by atoms with E-state index in [4.69, 9.17) is 10.3 Å². The van der Waals surface area contributed by atoms with Crippen LogP contribution in [-0.2, 0) is 0 Å². The zero-order chi connectivity index (χ0) is 11.7. The molecule has 5 heteroatoms. The molecule has 1 aromatic carbocycles. The van der Waals surface area contributed by atoms with Gasteiger partial charge in [0.05, 0.1) is 24.6 Å². The third-order valence-corrected chi connectivity index (χ3v) is 2.78. The number of rotatable bonds is 2. The molecule has 1 aliphatic heterocycles. The highest BCUT2D eigenvalue weighted by Gasteiger charge is 2.11. The highest BCUT2D eigenvalue weighted by Crippen LogP contribution is 2.28. The van der Waals surface area contributed by atoms with Gasteiger partial charge in [-0.2, -0.15) is 0 Å². The molecular weight excluding hydrogens is 216 g/mol. The lowest BCUT2D eigenvalue weighted by atomic mass is 10.1. The second-order valence-electron chi connectivity index (χ2n) is 3.87. The van der Waals surface area contributed by atoms with E-state index in [0.717, 1.165) is 29.9 Å². The van der Waals surface area contributed by atoms with Crippen molar-refractivity contribution < 1.29 is 4.52 Å². The van der Waals surface area contributed by atoms with Crippen molar-refractivity contribution in [2.45, 2.75) is 0 Å². The van der Waals surface area contributed by atoms with Crippen molar-refractivity contribution in [1.29, 1.82) is 0 Å². The van der Waals surface area contributed by atoms with Crippen LogP contribution in [-0.4, -0.2) is 24.6 Å². The maximum absolute atomic E-state index is 5.71. The summed E-state index contributed by atoms with van der Waals surface area (Å²) in [6, 6.07) is 8.08. The van der Waals surface area contributed by atoms with E-state index in [1.54, 1.807) is 6.20 Å². The molecule has 2 N–H and O–H groups in total. The van der Waals surface area contributed by atoms with E-state index >= 15 is 0 Å². The van der Waals surface area contributed by atoms with Crippen LogP contribution in [0.4, 0.5) is 11.6 Å². The molecule has 0 bridgehead atoms. The summed E-state index contributed by atoms with van der Waals surface area (Å²) in [6.45, 7) is 1.77. The number of anilines is 2. The minimum Gasteiger partial charge on any atom is -0.367 e. The molecule has 0 saturated carbocycles. The van der Waals surface area contributed by atoms with Gasteiger partial charge >= 0.3 is 0 Å². The number of hydrogen-bond acceptors (Lipinski definition) is 5. The minimum absolute atomic E-state index is 0.345. The molecule has 0 saturated heterocycles. The van der Waals surface area contributed by atoms with E-state index in [0.29, 0.717) is 5.88 Å². The molecule has 1 aliphatic rings. The van der Waals surface area contributed by atoms with Gasteiger partial charge in [-0.1, -0.05) is 17.3 Å². The van der Waals surface area contributed by atoms with Crippen LogP contribution in [0.1, 0.15) is 0 Å². The van der Waals surface area contributed by atoms with Crippen molar-refractivity contribution in [3.05, 3.63) is 30.5 Å². The van der Waals surface area contributed by atoms with Crippen LogP contribution in [0.5, 0.6) is 0 Å². The highest BCUT2D eigenvalue weighted by atomic mass is 16.5. The fraction of sp³-hybridized carbons (Fsp3) is 0.167. The fourth-order valence-corrected chi connectivity index (χ4v) is 1.89. The standard InChI is InChI=1S/C12H12N4O/c13-12-11(7-15-17-12)9-2-1-3-10(6-9)16-5-4-14-8-16/h1-3,6-8H,4-5,13H2. The van der Waals surface area contributed by atoms with E-state index in [1.807, 2.05) is 24.5 Å². The van der Waals surface area contributed by atoms with Crippen LogP contribution >= 0.6 is 0 Å². The Morgan fingerprint density at radius 3 is 3.00 bits per heavy atom. The van der Waals surface area contributed by atoms with E-state index in [9.17, 15) is 0 Å².